The number of carbonyl (C=O) groups excluding carboxylic acids is 3. The SMILES string of the molecule is CCCCN1CCc2cc(/C=C3\C(=O)NC(=O)N(c4ccc(Cl)cc4)C3=O)ccc21. The van der Waals surface area contributed by atoms with E-state index in [1.807, 2.05) is 18.2 Å². The molecule has 2 aromatic rings. The Balaban J connectivity index is 1.62. The molecule has 0 saturated carbocycles. The van der Waals surface area contributed by atoms with Gasteiger partial charge in [-0.05, 0) is 66.4 Å². The van der Waals surface area contributed by atoms with Crippen molar-refractivity contribution in [3.8, 4) is 0 Å². The molecule has 7 heteroatoms. The number of halogens is 1. The predicted octanol–water partition coefficient (Wildman–Crippen LogP) is 4.17. The molecule has 154 valence electrons. The number of amides is 4. The lowest BCUT2D eigenvalue weighted by Crippen LogP contribution is -2.54. The maximum atomic E-state index is 13.0. The zero-order chi connectivity index (χ0) is 21.3. The molecule has 2 aliphatic rings. The number of hydrogen-bond donors (Lipinski definition) is 1. The second-order valence-electron chi connectivity index (χ2n) is 7.41. The molecule has 0 atom stereocenters. The molecule has 0 spiro atoms. The molecule has 30 heavy (non-hydrogen) atoms. The summed E-state index contributed by atoms with van der Waals surface area (Å²) in [6.07, 6.45) is 4.78. The molecular weight excluding hydrogens is 402 g/mol. The number of hydrogen-bond acceptors (Lipinski definition) is 4. The summed E-state index contributed by atoms with van der Waals surface area (Å²) >= 11 is 5.89. The third kappa shape index (κ3) is 3.83. The highest BCUT2D eigenvalue weighted by Gasteiger charge is 2.36. The number of benzene rings is 2. The normalized spacial score (nSPS) is 17.5. The molecule has 6 nitrogen and oxygen atoms in total. The molecule has 4 rings (SSSR count). The van der Waals surface area contributed by atoms with Crippen LogP contribution in [0.4, 0.5) is 16.2 Å². The first-order valence-electron chi connectivity index (χ1n) is 10.0. The summed E-state index contributed by atoms with van der Waals surface area (Å²) in [6, 6.07) is 11.5. The second kappa shape index (κ2) is 8.32. The Labute approximate surface area is 180 Å². The van der Waals surface area contributed by atoms with E-state index in [0.717, 1.165) is 42.8 Å². The molecule has 0 aromatic heterocycles. The van der Waals surface area contributed by atoms with Crippen LogP contribution in [0.3, 0.4) is 0 Å². The van der Waals surface area contributed by atoms with Gasteiger partial charge < -0.3 is 4.90 Å². The van der Waals surface area contributed by atoms with Gasteiger partial charge in [0.05, 0.1) is 5.69 Å². The van der Waals surface area contributed by atoms with Gasteiger partial charge in [0, 0.05) is 23.8 Å². The summed E-state index contributed by atoms with van der Waals surface area (Å²) in [5.74, 6) is -1.35. The highest BCUT2D eigenvalue weighted by molar-refractivity contribution is 6.39. The number of unbranched alkanes of at least 4 members (excludes halogenated alkanes) is 1. The fourth-order valence-electron chi connectivity index (χ4n) is 3.81. The molecule has 2 aliphatic heterocycles. The number of urea groups is 1. The number of carbonyl (C=O) groups is 3. The lowest BCUT2D eigenvalue weighted by Gasteiger charge is -2.26. The third-order valence-corrected chi connectivity index (χ3v) is 5.63. The highest BCUT2D eigenvalue weighted by atomic mass is 35.5. The molecule has 0 bridgehead atoms. The zero-order valence-corrected chi connectivity index (χ0v) is 17.4. The van der Waals surface area contributed by atoms with Crippen molar-refractivity contribution >= 4 is 46.9 Å². The van der Waals surface area contributed by atoms with Crippen LogP contribution in [0.1, 0.15) is 30.9 Å². The van der Waals surface area contributed by atoms with E-state index in [1.54, 1.807) is 30.3 Å². The maximum absolute atomic E-state index is 13.0. The average Bonchev–Trinajstić information content (AvgIpc) is 3.13. The predicted molar refractivity (Wildman–Crippen MR) is 118 cm³/mol. The van der Waals surface area contributed by atoms with Crippen LogP contribution in [0.15, 0.2) is 48.0 Å². The number of barbiturate groups is 1. The number of imide groups is 2. The molecule has 4 amide bonds. The van der Waals surface area contributed by atoms with E-state index < -0.39 is 17.8 Å². The van der Waals surface area contributed by atoms with Crippen LogP contribution in [-0.4, -0.2) is 30.9 Å². The Morgan fingerprint density at radius 2 is 1.87 bits per heavy atom. The molecule has 0 radical (unpaired) electrons. The minimum Gasteiger partial charge on any atom is -0.371 e. The van der Waals surface area contributed by atoms with Gasteiger partial charge in [-0.25, -0.2) is 9.69 Å². The van der Waals surface area contributed by atoms with Gasteiger partial charge in [0.1, 0.15) is 5.57 Å². The first-order valence-corrected chi connectivity index (χ1v) is 10.4. The first-order chi connectivity index (χ1) is 14.5. The molecule has 1 saturated heterocycles. The van der Waals surface area contributed by atoms with Crippen LogP contribution in [0.25, 0.3) is 6.08 Å². The van der Waals surface area contributed by atoms with Gasteiger partial charge in [0.2, 0.25) is 0 Å². The van der Waals surface area contributed by atoms with E-state index in [-0.39, 0.29) is 5.57 Å². The summed E-state index contributed by atoms with van der Waals surface area (Å²) in [4.78, 5) is 41.0. The van der Waals surface area contributed by atoms with Crippen LogP contribution in [-0.2, 0) is 16.0 Å². The Hall–Kier alpha value is -3.12. The lowest BCUT2D eigenvalue weighted by atomic mass is 10.0. The van der Waals surface area contributed by atoms with Crippen molar-refractivity contribution < 1.29 is 14.4 Å². The summed E-state index contributed by atoms with van der Waals surface area (Å²) < 4.78 is 0. The number of nitrogens with one attached hydrogen (secondary N) is 1. The van der Waals surface area contributed by atoms with Crippen LogP contribution in [0.5, 0.6) is 0 Å². The minimum atomic E-state index is -0.773. The fraction of sp³-hybridized carbons (Fsp3) is 0.261. The fourth-order valence-corrected chi connectivity index (χ4v) is 3.94. The number of fused-ring (bicyclic) bond motifs is 1. The van der Waals surface area contributed by atoms with Gasteiger partial charge in [0.25, 0.3) is 11.8 Å². The van der Waals surface area contributed by atoms with Gasteiger partial charge in [-0.1, -0.05) is 31.0 Å². The van der Waals surface area contributed by atoms with E-state index in [4.69, 9.17) is 11.6 Å². The smallest absolute Gasteiger partial charge is 0.335 e. The quantitative estimate of drug-likeness (QED) is 0.578. The van der Waals surface area contributed by atoms with Crippen molar-refractivity contribution in [3.05, 3.63) is 64.2 Å². The summed E-state index contributed by atoms with van der Waals surface area (Å²) in [7, 11) is 0. The molecule has 0 aliphatic carbocycles. The first kappa shape index (κ1) is 20.2. The Kier molecular flexibility index (Phi) is 5.59. The number of anilines is 2. The Morgan fingerprint density at radius 3 is 2.60 bits per heavy atom. The van der Waals surface area contributed by atoms with Crippen LogP contribution < -0.4 is 15.1 Å². The van der Waals surface area contributed by atoms with E-state index in [0.29, 0.717) is 10.7 Å². The molecule has 1 fully saturated rings. The van der Waals surface area contributed by atoms with Crippen molar-refractivity contribution in [2.45, 2.75) is 26.2 Å². The van der Waals surface area contributed by atoms with Crippen LogP contribution in [0.2, 0.25) is 5.02 Å². The third-order valence-electron chi connectivity index (χ3n) is 5.37. The molecule has 0 unspecified atom stereocenters. The van der Waals surface area contributed by atoms with Crippen molar-refractivity contribution in [2.24, 2.45) is 0 Å². The number of nitrogens with zero attached hydrogens (tertiary/aromatic N) is 2. The van der Waals surface area contributed by atoms with Gasteiger partial charge in [-0.3, -0.25) is 14.9 Å². The van der Waals surface area contributed by atoms with Crippen molar-refractivity contribution in [2.75, 3.05) is 22.9 Å². The van der Waals surface area contributed by atoms with Gasteiger partial charge in [-0.2, -0.15) is 0 Å². The van der Waals surface area contributed by atoms with Crippen LogP contribution >= 0.6 is 11.6 Å². The second-order valence-corrected chi connectivity index (χ2v) is 7.85. The van der Waals surface area contributed by atoms with Gasteiger partial charge in [-0.15, -0.1) is 0 Å². The Morgan fingerprint density at radius 1 is 1.10 bits per heavy atom. The van der Waals surface area contributed by atoms with E-state index in [1.165, 1.54) is 11.3 Å². The zero-order valence-electron chi connectivity index (χ0n) is 16.7. The van der Waals surface area contributed by atoms with Gasteiger partial charge in [0.15, 0.2) is 0 Å². The topological polar surface area (TPSA) is 69.7 Å². The summed E-state index contributed by atoms with van der Waals surface area (Å²) in [6.45, 7) is 4.19. The molecule has 1 N–H and O–H groups in total. The van der Waals surface area contributed by atoms with E-state index >= 15 is 0 Å². The van der Waals surface area contributed by atoms with E-state index in [9.17, 15) is 14.4 Å². The molecule has 2 heterocycles. The average molecular weight is 424 g/mol. The summed E-state index contributed by atoms with van der Waals surface area (Å²) in [5, 5.41) is 2.73. The highest BCUT2D eigenvalue weighted by Crippen LogP contribution is 2.30. The van der Waals surface area contributed by atoms with Gasteiger partial charge >= 0.3 is 6.03 Å². The largest absolute Gasteiger partial charge is 0.371 e. The molecular formula is C23H22ClN3O3. The minimum absolute atomic E-state index is 0.0784. The number of rotatable bonds is 5. The standard InChI is InChI=1S/C23H22ClN3O3/c1-2-3-11-26-12-10-16-13-15(4-9-20(16)26)14-19-21(28)25-23(30)27(22(19)29)18-7-5-17(24)6-8-18/h4-9,13-14H,2-3,10-12H2,1H3,(H,25,28,30)/b19-14+. The lowest BCUT2D eigenvalue weighted by molar-refractivity contribution is -0.122. The Bertz CT molecular complexity index is 1050. The van der Waals surface area contributed by atoms with E-state index in [2.05, 4.69) is 17.1 Å². The van der Waals surface area contributed by atoms with Crippen molar-refractivity contribution in [3.63, 3.8) is 0 Å². The summed E-state index contributed by atoms with van der Waals surface area (Å²) in [5.41, 5.74) is 3.44. The van der Waals surface area contributed by atoms with Crippen molar-refractivity contribution in [1.82, 2.24) is 5.32 Å². The van der Waals surface area contributed by atoms with Crippen molar-refractivity contribution in [1.29, 1.82) is 0 Å². The maximum Gasteiger partial charge on any atom is 0.335 e. The monoisotopic (exact) mass is 423 g/mol. The van der Waals surface area contributed by atoms with Crippen LogP contribution in [0, 0.1) is 0 Å². The molecule has 2 aromatic carbocycles.